The highest BCUT2D eigenvalue weighted by atomic mass is 32.1. The number of aliphatic carboxylic acids is 1. The number of carboxylic acid groups (broad SMARTS) is 1. The van der Waals surface area contributed by atoms with E-state index in [1.165, 1.54) is 0 Å². The number of ether oxygens (including phenoxy) is 1. The second-order valence-electron chi connectivity index (χ2n) is 6.66. The lowest BCUT2D eigenvalue weighted by Crippen LogP contribution is -2.51. The minimum Gasteiger partial charge on any atom is -0.479 e. The predicted octanol–water partition coefficient (Wildman–Crippen LogP) is 2.66. The van der Waals surface area contributed by atoms with E-state index < -0.39 is 12.1 Å². The van der Waals surface area contributed by atoms with Crippen molar-refractivity contribution in [2.24, 2.45) is 5.92 Å². The van der Waals surface area contributed by atoms with Crippen LogP contribution < -0.4 is 0 Å². The van der Waals surface area contributed by atoms with Gasteiger partial charge in [0.25, 0.3) is 0 Å². The molecule has 136 valence electrons. The number of hydrogen-bond donors (Lipinski definition) is 1. The number of amides is 1. The molecule has 3 atom stereocenters. The lowest BCUT2D eigenvalue weighted by molar-refractivity contribution is -0.160. The zero-order valence-electron chi connectivity index (χ0n) is 14.2. The molecule has 1 fully saturated rings. The van der Waals surface area contributed by atoms with Crippen LogP contribution in [0, 0.1) is 5.92 Å². The van der Waals surface area contributed by atoms with Gasteiger partial charge in [0, 0.05) is 12.5 Å². The first-order valence-electron chi connectivity index (χ1n) is 8.77. The van der Waals surface area contributed by atoms with Crippen LogP contribution >= 0.6 is 11.3 Å². The fraction of sp³-hybridized carbons (Fsp3) is 0.421. The van der Waals surface area contributed by atoms with Crippen LogP contribution in [0.3, 0.4) is 0 Å². The van der Waals surface area contributed by atoms with Gasteiger partial charge < -0.3 is 14.7 Å². The van der Waals surface area contributed by atoms with E-state index in [0.29, 0.717) is 13.0 Å². The smallest absolute Gasteiger partial charge is 0.334 e. The molecule has 0 bridgehead atoms. The van der Waals surface area contributed by atoms with Gasteiger partial charge in [-0.1, -0.05) is 24.3 Å². The number of aromatic nitrogens is 1. The summed E-state index contributed by atoms with van der Waals surface area (Å²) in [6, 6.07) is 8.00. The number of allylic oxidation sites excluding steroid dienone is 2. The van der Waals surface area contributed by atoms with Crippen LogP contribution in [0.15, 0.2) is 36.4 Å². The van der Waals surface area contributed by atoms with Crippen molar-refractivity contribution in [2.45, 2.75) is 24.9 Å². The van der Waals surface area contributed by atoms with Crippen molar-refractivity contribution in [3.8, 4) is 0 Å². The van der Waals surface area contributed by atoms with Gasteiger partial charge >= 0.3 is 5.97 Å². The minimum absolute atomic E-state index is 0.00755. The number of carboxylic acids is 1. The topological polar surface area (TPSA) is 79.7 Å². The largest absolute Gasteiger partial charge is 0.479 e. The summed E-state index contributed by atoms with van der Waals surface area (Å²) in [5, 5.41) is 10.2. The molecule has 0 unspecified atom stereocenters. The Morgan fingerprint density at radius 2 is 2.04 bits per heavy atom. The second-order valence-corrected chi connectivity index (χ2v) is 7.72. The van der Waals surface area contributed by atoms with E-state index in [0.717, 1.165) is 21.6 Å². The van der Waals surface area contributed by atoms with E-state index >= 15 is 0 Å². The van der Waals surface area contributed by atoms with Crippen molar-refractivity contribution in [2.75, 3.05) is 19.7 Å². The first-order chi connectivity index (χ1) is 12.6. The summed E-state index contributed by atoms with van der Waals surface area (Å²) in [6.07, 6.45) is 4.66. The number of nitrogens with zero attached hydrogens (tertiary/aromatic N) is 2. The van der Waals surface area contributed by atoms with Crippen LogP contribution in [-0.2, 0) is 14.3 Å². The van der Waals surface area contributed by atoms with Gasteiger partial charge in [-0.3, -0.25) is 4.79 Å². The van der Waals surface area contributed by atoms with Crippen molar-refractivity contribution in [3.63, 3.8) is 0 Å². The van der Waals surface area contributed by atoms with Gasteiger partial charge in [-0.15, -0.1) is 11.3 Å². The molecule has 7 heteroatoms. The van der Waals surface area contributed by atoms with Crippen LogP contribution in [0.4, 0.5) is 0 Å². The Kier molecular flexibility index (Phi) is 4.74. The van der Waals surface area contributed by atoms with Crippen molar-refractivity contribution in [3.05, 3.63) is 41.4 Å². The summed E-state index contributed by atoms with van der Waals surface area (Å²) in [6.45, 7) is 0.813. The van der Waals surface area contributed by atoms with Crippen molar-refractivity contribution in [1.29, 1.82) is 0 Å². The highest BCUT2D eigenvalue weighted by Crippen LogP contribution is 2.39. The van der Waals surface area contributed by atoms with Crippen molar-refractivity contribution in [1.82, 2.24) is 9.88 Å². The number of carbonyl (C=O) groups excluding carboxylic acids is 1. The van der Waals surface area contributed by atoms with Crippen LogP contribution in [-0.4, -0.2) is 52.7 Å². The quantitative estimate of drug-likeness (QED) is 0.838. The molecule has 0 saturated carbocycles. The molecular formula is C19H20N2O4S. The third kappa shape index (κ3) is 3.24. The highest BCUT2D eigenvalue weighted by Gasteiger charge is 2.37. The van der Waals surface area contributed by atoms with E-state index in [2.05, 4.69) is 6.08 Å². The molecule has 1 N–H and O–H groups in total. The third-order valence-corrected chi connectivity index (χ3v) is 6.20. The van der Waals surface area contributed by atoms with Crippen LogP contribution in [0.1, 0.15) is 23.8 Å². The fourth-order valence-corrected chi connectivity index (χ4v) is 4.79. The summed E-state index contributed by atoms with van der Waals surface area (Å²) in [7, 11) is 0. The predicted molar refractivity (Wildman–Crippen MR) is 98.2 cm³/mol. The van der Waals surface area contributed by atoms with Gasteiger partial charge in [-0.25, -0.2) is 9.78 Å². The number of hydrogen-bond acceptors (Lipinski definition) is 5. The van der Waals surface area contributed by atoms with Gasteiger partial charge in [0.15, 0.2) is 6.10 Å². The molecule has 2 aliphatic rings. The number of morpholine rings is 1. The molecular weight excluding hydrogens is 352 g/mol. The fourth-order valence-electron chi connectivity index (χ4n) is 3.64. The normalized spacial score (nSPS) is 26.2. The Hall–Kier alpha value is -2.25. The number of para-hydroxylation sites is 1. The number of fused-ring (bicyclic) bond motifs is 1. The first kappa shape index (κ1) is 17.2. The average Bonchev–Trinajstić information content (AvgIpc) is 3.11. The zero-order chi connectivity index (χ0) is 18.1. The maximum absolute atomic E-state index is 13.1. The summed E-state index contributed by atoms with van der Waals surface area (Å²) in [5.74, 6) is -1.17. The van der Waals surface area contributed by atoms with Gasteiger partial charge in [-0.2, -0.15) is 0 Å². The number of rotatable bonds is 3. The molecule has 6 nitrogen and oxygen atoms in total. The van der Waals surface area contributed by atoms with Crippen LogP contribution in [0.25, 0.3) is 10.2 Å². The minimum atomic E-state index is -1.02. The van der Waals surface area contributed by atoms with E-state index in [1.807, 2.05) is 30.3 Å². The molecule has 1 aromatic heterocycles. The molecule has 0 radical (unpaired) electrons. The molecule has 1 aliphatic heterocycles. The summed E-state index contributed by atoms with van der Waals surface area (Å²) in [5.41, 5.74) is 0.963. The van der Waals surface area contributed by atoms with E-state index in [-0.39, 0.29) is 30.9 Å². The van der Waals surface area contributed by atoms with Gasteiger partial charge in [0.1, 0.15) is 0 Å². The molecule has 1 aromatic carbocycles. The Morgan fingerprint density at radius 3 is 2.85 bits per heavy atom. The highest BCUT2D eigenvalue weighted by molar-refractivity contribution is 7.18. The van der Waals surface area contributed by atoms with Gasteiger partial charge in [-0.05, 0) is 25.0 Å². The van der Waals surface area contributed by atoms with Gasteiger partial charge in [0.2, 0.25) is 5.91 Å². The maximum atomic E-state index is 13.1. The monoisotopic (exact) mass is 372 g/mol. The molecule has 4 rings (SSSR count). The lowest BCUT2D eigenvalue weighted by atomic mass is 9.82. The molecule has 2 heterocycles. The third-order valence-electron chi connectivity index (χ3n) is 5.03. The SMILES string of the molecule is O=C(O)[C@@H]1CN(C(=O)[C@H]2CC=CC[C@@H]2c2nc3ccccc3s2)CCO1. The summed E-state index contributed by atoms with van der Waals surface area (Å²) in [4.78, 5) is 30.7. The Labute approximate surface area is 155 Å². The number of thiazole rings is 1. The molecule has 26 heavy (non-hydrogen) atoms. The van der Waals surface area contributed by atoms with Crippen molar-refractivity contribution >= 4 is 33.4 Å². The molecule has 1 aliphatic carbocycles. The van der Waals surface area contributed by atoms with E-state index in [4.69, 9.17) is 9.72 Å². The number of benzene rings is 1. The molecule has 1 amide bonds. The van der Waals surface area contributed by atoms with E-state index in [1.54, 1.807) is 16.2 Å². The zero-order valence-corrected chi connectivity index (χ0v) is 15.0. The first-order valence-corrected chi connectivity index (χ1v) is 9.59. The standard InChI is InChI=1S/C19H20N2O4S/c22-18(21-9-10-25-15(11-21)19(23)24)13-6-2-1-5-12(13)17-20-14-7-3-4-8-16(14)26-17/h1-4,7-8,12-13,15H,5-6,9-11H2,(H,23,24)/t12-,13-,15-/m0/s1. The average molecular weight is 372 g/mol. The van der Waals surface area contributed by atoms with Crippen LogP contribution in [0.2, 0.25) is 0 Å². The number of carbonyl (C=O) groups is 2. The van der Waals surface area contributed by atoms with Crippen LogP contribution in [0.5, 0.6) is 0 Å². The molecule has 0 spiro atoms. The molecule has 2 aromatic rings. The molecule has 1 saturated heterocycles. The summed E-state index contributed by atoms with van der Waals surface area (Å²) >= 11 is 1.64. The Morgan fingerprint density at radius 1 is 1.23 bits per heavy atom. The second kappa shape index (κ2) is 7.17. The maximum Gasteiger partial charge on any atom is 0.334 e. The lowest BCUT2D eigenvalue weighted by Gasteiger charge is -2.36. The van der Waals surface area contributed by atoms with Crippen molar-refractivity contribution < 1.29 is 19.4 Å². The van der Waals surface area contributed by atoms with E-state index in [9.17, 15) is 14.7 Å². The summed E-state index contributed by atoms with van der Waals surface area (Å²) < 4.78 is 6.37. The Bertz CT molecular complexity index is 829. The Balaban J connectivity index is 1.58. The van der Waals surface area contributed by atoms with Gasteiger partial charge in [0.05, 0.1) is 34.3 Å².